The summed E-state index contributed by atoms with van der Waals surface area (Å²) in [7, 11) is 2.00. The van der Waals surface area contributed by atoms with Crippen LogP contribution in [-0.4, -0.2) is 49.0 Å². The van der Waals surface area contributed by atoms with Crippen LogP contribution in [0.25, 0.3) is 0 Å². The van der Waals surface area contributed by atoms with Gasteiger partial charge in [-0.1, -0.05) is 13.8 Å². The van der Waals surface area contributed by atoms with Crippen molar-refractivity contribution >= 4 is 0 Å². The molecule has 0 saturated carbocycles. The second kappa shape index (κ2) is 37.4. The van der Waals surface area contributed by atoms with Crippen molar-refractivity contribution in [1.82, 2.24) is 4.90 Å². The van der Waals surface area contributed by atoms with Crippen molar-refractivity contribution < 1.29 is 31.9 Å². The molecule has 3 nitrogen and oxygen atoms in total. The largest absolute Gasteiger partial charge is 2.00 e. The average Bonchev–Trinajstić information content (AvgIpc) is 2.20. The molecular weight excluding hydrogens is 214 g/mol. The number of hydrogen-bond donors (Lipinski definition) is 2. The van der Waals surface area contributed by atoms with Gasteiger partial charge in [0.05, 0.1) is 0 Å². The second-order valence-electron chi connectivity index (χ2n) is 1.88. The first-order valence-electron chi connectivity index (χ1n) is 4.26. The summed E-state index contributed by atoms with van der Waals surface area (Å²) in [6, 6.07) is 0. The van der Waals surface area contributed by atoms with E-state index in [4.69, 9.17) is 10.2 Å². The van der Waals surface area contributed by atoms with Gasteiger partial charge >= 0.3 is 21.7 Å². The third-order valence-electron chi connectivity index (χ3n) is 1.37. The first-order valence-corrected chi connectivity index (χ1v) is 4.26. The van der Waals surface area contributed by atoms with Crippen molar-refractivity contribution in [3.8, 4) is 0 Å². The average molecular weight is 241 g/mol. The van der Waals surface area contributed by atoms with Crippen LogP contribution in [0.1, 0.15) is 20.3 Å². The van der Waals surface area contributed by atoms with Crippen LogP contribution in [0.5, 0.6) is 0 Å². The minimum Gasteiger partial charge on any atom is -0.400 e. The molecule has 0 unspecified atom stereocenters. The van der Waals surface area contributed by atoms with E-state index in [2.05, 4.69) is 25.7 Å². The van der Waals surface area contributed by atoms with Crippen molar-refractivity contribution in [1.29, 1.82) is 0 Å². The molecule has 0 spiro atoms. The maximum absolute atomic E-state index is 7.00. The number of nitrogens with zero attached hydrogens (tertiary/aromatic N) is 1. The van der Waals surface area contributed by atoms with Crippen LogP contribution in [0.2, 0.25) is 0 Å². The Labute approximate surface area is 105 Å². The summed E-state index contributed by atoms with van der Waals surface area (Å²) >= 11 is 0. The summed E-state index contributed by atoms with van der Waals surface area (Å²) < 4.78 is 0. The topological polar surface area (TPSA) is 43.7 Å². The fourth-order valence-corrected chi connectivity index (χ4v) is 0.763. The first-order chi connectivity index (χ1) is 5.85. The fourth-order valence-electron chi connectivity index (χ4n) is 0.763. The van der Waals surface area contributed by atoms with Crippen LogP contribution in [-0.2, 0) is 21.7 Å². The summed E-state index contributed by atoms with van der Waals surface area (Å²) in [4.78, 5) is 2.37. The maximum Gasteiger partial charge on any atom is 2.00 e. The molecule has 0 radical (unpaired) electrons. The van der Waals surface area contributed by atoms with E-state index < -0.39 is 0 Å². The third kappa shape index (κ3) is 29.4. The molecule has 0 rings (SSSR count). The molecule has 14 heavy (non-hydrogen) atoms. The van der Waals surface area contributed by atoms with E-state index in [0.29, 0.717) is 0 Å². The zero-order chi connectivity index (χ0) is 10.4. The van der Waals surface area contributed by atoms with E-state index in [1.54, 1.807) is 0 Å². The van der Waals surface area contributed by atoms with Crippen LogP contribution in [0, 0.1) is 14.4 Å². The monoisotopic (exact) mass is 241 g/mol. The Kier molecular flexibility index (Phi) is 78.2. The zero-order valence-electron chi connectivity index (χ0n) is 10.4. The summed E-state index contributed by atoms with van der Waals surface area (Å²) in [5, 5.41) is 14.0. The van der Waals surface area contributed by atoms with Crippen LogP contribution in [0.4, 0.5) is 0 Å². The van der Waals surface area contributed by atoms with Crippen LogP contribution < -0.4 is 0 Å². The standard InChI is InChI=1S/C7H16N.2CH4O.CH3.Ti/c1-4-7-8(5-2)6-3;2*1-2;;/h1,4-7H2,2-3H3;2*2H,1H3;1H3;/q-1;;;-1;+2. The number of rotatable bonds is 4. The predicted octanol–water partition coefficient (Wildman–Crippen LogP) is 1.22. The molecule has 0 aliphatic carbocycles. The molecule has 4 heteroatoms. The number of hydrogen-bond acceptors (Lipinski definition) is 3. The van der Waals surface area contributed by atoms with Crippen LogP contribution in [0.15, 0.2) is 0 Å². The fraction of sp³-hybridized carbons (Fsp3) is 0.800. The molecule has 0 bridgehead atoms. The molecule has 0 aliphatic rings. The summed E-state index contributed by atoms with van der Waals surface area (Å²) in [5.41, 5.74) is 0. The Morgan fingerprint density at radius 1 is 1.00 bits per heavy atom. The van der Waals surface area contributed by atoms with Gasteiger partial charge in [-0.25, -0.2) is 0 Å². The van der Waals surface area contributed by atoms with Crippen molar-refractivity contribution in [2.75, 3.05) is 33.9 Å². The normalized spacial score (nSPS) is 6.86. The summed E-state index contributed by atoms with van der Waals surface area (Å²) in [5.74, 6) is 0. The van der Waals surface area contributed by atoms with Gasteiger partial charge in [0.2, 0.25) is 0 Å². The Bertz CT molecular complexity index is 53.4. The molecule has 2 N–H and O–H groups in total. The molecular formula is C10H27NO2Ti. The second-order valence-corrected chi connectivity index (χ2v) is 1.88. The van der Waals surface area contributed by atoms with Crippen molar-refractivity contribution in [3.63, 3.8) is 0 Å². The van der Waals surface area contributed by atoms with Crippen LogP contribution in [0.3, 0.4) is 0 Å². The SMILES string of the molecule is CO.CO.[CH2-]CCN(CC)CC.[CH3-].[Ti+2]. The molecule has 0 heterocycles. The van der Waals surface area contributed by atoms with E-state index in [1.807, 2.05) is 0 Å². The quantitative estimate of drug-likeness (QED) is 0.574. The first kappa shape index (κ1) is 29.3. The van der Waals surface area contributed by atoms with Crippen molar-refractivity contribution in [2.45, 2.75) is 20.3 Å². The van der Waals surface area contributed by atoms with E-state index >= 15 is 0 Å². The third-order valence-corrected chi connectivity index (χ3v) is 1.37. The van der Waals surface area contributed by atoms with Gasteiger partial charge in [0.1, 0.15) is 0 Å². The van der Waals surface area contributed by atoms with Gasteiger partial charge in [-0.2, -0.15) is 6.42 Å². The van der Waals surface area contributed by atoms with E-state index in [-0.39, 0.29) is 29.1 Å². The van der Waals surface area contributed by atoms with Crippen molar-refractivity contribution in [3.05, 3.63) is 14.4 Å². The van der Waals surface area contributed by atoms with E-state index in [9.17, 15) is 0 Å². The molecule has 0 aromatic carbocycles. The van der Waals surface area contributed by atoms with Gasteiger partial charge in [0.15, 0.2) is 0 Å². The minimum atomic E-state index is 0. The smallest absolute Gasteiger partial charge is 0.400 e. The number of aliphatic hydroxyl groups excluding tert-OH is 2. The minimum absolute atomic E-state index is 0. The molecule has 88 valence electrons. The Hall–Kier alpha value is 0.594. The molecule has 0 aromatic rings. The Balaban J connectivity index is -0.0000000400. The van der Waals surface area contributed by atoms with Gasteiger partial charge in [-0.3, -0.25) is 0 Å². The number of aliphatic hydroxyl groups is 2. The molecule has 0 atom stereocenters. The summed E-state index contributed by atoms with van der Waals surface area (Å²) in [6.07, 6.45) is 1.03. The Morgan fingerprint density at radius 2 is 1.29 bits per heavy atom. The van der Waals surface area contributed by atoms with Crippen LogP contribution >= 0.6 is 0 Å². The van der Waals surface area contributed by atoms with Gasteiger partial charge in [-0.15, -0.1) is 0 Å². The molecule has 0 amide bonds. The molecule has 0 aliphatic heterocycles. The maximum atomic E-state index is 7.00. The predicted molar refractivity (Wildman–Crippen MR) is 60.5 cm³/mol. The molecule has 0 aromatic heterocycles. The molecule has 0 fully saturated rings. The van der Waals surface area contributed by atoms with Crippen molar-refractivity contribution in [2.24, 2.45) is 0 Å². The van der Waals surface area contributed by atoms with Gasteiger partial charge in [0.25, 0.3) is 0 Å². The van der Waals surface area contributed by atoms with Gasteiger partial charge in [0, 0.05) is 14.2 Å². The van der Waals surface area contributed by atoms with E-state index in [0.717, 1.165) is 40.3 Å². The van der Waals surface area contributed by atoms with Gasteiger partial charge in [-0.05, 0) is 19.6 Å². The summed E-state index contributed by atoms with van der Waals surface area (Å²) in [6.45, 7) is 11.6. The van der Waals surface area contributed by atoms with E-state index in [1.165, 1.54) is 0 Å². The Morgan fingerprint density at radius 3 is 1.36 bits per heavy atom. The molecule has 0 saturated heterocycles. The van der Waals surface area contributed by atoms with Gasteiger partial charge < -0.3 is 29.5 Å². The zero-order valence-corrected chi connectivity index (χ0v) is 11.9.